The number of aromatic nitrogens is 1. The lowest BCUT2D eigenvalue weighted by molar-refractivity contribution is 1.45. The van der Waals surface area contributed by atoms with Crippen molar-refractivity contribution in [1.82, 2.24) is 4.98 Å². The van der Waals surface area contributed by atoms with Gasteiger partial charge in [0.25, 0.3) is 0 Å². The average molecular weight is 260 g/mol. The van der Waals surface area contributed by atoms with Crippen LogP contribution in [0.3, 0.4) is 0 Å². The Hall–Kier alpha value is -2.13. The van der Waals surface area contributed by atoms with Gasteiger partial charge in [0.05, 0.1) is 16.9 Å². The molecule has 0 atom stereocenters. The third-order valence-corrected chi connectivity index (χ3v) is 2.96. The number of anilines is 2. The number of rotatable bonds is 1. The fourth-order valence-electron chi connectivity index (χ4n) is 2.13. The molecule has 92 valence electrons. The number of nitrogens with two attached hydrogens (primary N) is 2. The van der Waals surface area contributed by atoms with E-state index in [9.17, 15) is 0 Å². The SMILES string of the molecule is Cl.Nc1cccc2[nH]c(-c3ccccc3)c(N)c12. The number of hydrogen-bond donors (Lipinski definition) is 3. The number of aromatic amines is 1. The molecule has 2 aromatic carbocycles. The van der Waals surface area contributed by atoms with Crippen LogP contribution in [0, 0.1) is 0 Å². The second-order valence-corrected chi connectivity index (χ2v) is 4.05. The standard InChI is InChI=1S/C14H13N3.ClH/c15-10-7-4-8-11-12(10)13(16)14(17-11)9-5-2-1-3-6-9;/h1-8,17H,15-16H2;1H. The van der Waals surface area contributed by atoms with Crippen molar-refractivity contribution < 1.29 is 0 Å². The van der Waals surface area contributed by atoms with E-state index in [-0.39, 0.29) is 12.4 Å². The van der Waals surface area contributed by atoms with Gasteiger partial charge in [-0.25, -0.2) is 0 Å². The van der Waals surface area contributed by atoms with Gasteiger partial charge in [-0.05, 0) is 12.1 Å². The van der Waals surface area contributed by atoms with E-state index >= 15 is 0 Å². The summed E-state index contributed by atoms with van der Waals surface area (Å²) in [6.45, 7) is 0. The highest BCUT2D eigenvalue weighted by molar-refractivity contribution is 6.06. The van der Waals surface area contributed by atoms with Crippen LogP contribution >= 0.6 is 12.4 Å². The van der Waals surface area contributed by atoms with Crippen LogP contribution in [0.1, 0.15) is 0 Å². The first-order valence-electron chi connectivity index (χ1n) is 5.48. The Morgan fingerprint density at radius 3 is 2.22 bits per heavy atom. The highest BCUT2D eigenvalue weighted by atomic mass is 35.5. The number of nitrogens with one attached hydrogen (secondary N) is 1. The summed E-state index contributed by atoms with van der Waals surface area (Å²) in [6.07, 6.45) is 0. The highest BCUT2D eigenvalue weighted by Gasteiger charge is 2.11. The van der Waals surface area contributed by atoms with Gasteiger partial charge in [-0.15, -0.1) is 12.4 Å². The average Bonchev–Trinajstić information content (AvgIpc) is 2.69. The van der Waals surface area contributed by atoms with Crippen molar-refractivity contribution in [3.8, 4) is 11.3 Å². The summed E-state index contributed by atoms with van der Waals surface area (Å²) in [5, 5.41) is 0.909. The van der Waals surface area contributed by atoms with Crippen LogP contribution in [-0.2, 0) is 0 Å². The van der Waals surface area contributed by atoms with Gasteiger partial charge in [-0.3, -0.25) is 0 Å². The maximum atomic E-state index is 6.16. The quantitative estimate of drug-likeness (QED) is 0.586. The molecule has 1 heterocycles. The smallest absolute Gasteiger partial charge is 0.0699 e. The van der Waals surface area contributed by atoms with Gasteiger partial charge >= 0.3 is 0 Å². The molecule has 0 aliphatic heterocycles. The predicted molar refractivity (Wildman–Crippen MR) is 79.8 cm³/mol. The van der Waals surface area contributed by atoms with Crippen molar-refractivity contribution in [3.05, 3.63) is 48.5 Å². The second kappa shape index (κ2) is 4.63. The lowest BCUT2D eigenvalue weighted by atomic mass is 10.1. The fourth-order valence-corrected chi connectivity index (χ4v) is 2.13. The van der Waals surface area contributed by atoms with Gasteiger partial charge in [0.15, 0.2) is 0 Å². The number of hydrogen-bond acceptors (Lipinski definition) is 2. The van der Waals surface area contributed by atoms with Crippen LogP contribution in [0.25, 0.3) is 22.2 Å². The highest BCUT2D eigenvalue weighted by Crippen LogP contribution is 2.35. The molecule has 3 rings (SSSR count). The van der Waals surface area contributed by atoms with E-state index in [1.54, 1.807) is 0 Å². The first kappa shape index (κ1) is 12.3. The molecule has 0 aliphatic carbocycles. The molecular weight excluding hydrogens is 246 g/mol. The summed E-state index contributed by atoms with van der Waals surface area (Å²) in [7, 11) is 0. The molecule has 1 aromatic heterocycles. The van der Waals surface area contributed by atoms with Crippen molar-refractivity contribution in [2.75, 3.05) is 11.5 Å². The minimum atomic E-state index is 0. The lowest BCUT2D eigenvalue weighted by Gasteiger charge is -2.00. The summed E-state index contributed by atoms with van der Waals surface area (Å²) in [6, 6.07) is 15.8. The van der Waals surface area contributed by atoms with Crippen molar-refractivity contribution in [2.24, 2.45) is 0 Å². The number of halogens is 1. The van der Waals surface area contributed by atoms with E-state index < -0.39 is 0 Å². The number of nitrogen functional groups attached to an aromatic ring is 2. The van der Waals surface area contributed by atoms with Crippen molar-refractivity contribution >= 4 is 34.7 Å². The zero-order valence-electron chi connectivity index (χ0n) is 9.68. The van der Waals surface area contributed by atoms with Crippen molar-refractivity contribution in [1.29, 1.82) is 0 Å². The van der Waals surface area contributed by atoms with Gasteiger partial charge in [-0.2, -0.15) is 0 Å². The van der Waals surface area contributed by atoms with Gasteiger partial charge < -0.3 is 16.5 Å². The Bertz CT molecular complexity index is 674. The minimum absolute atomic E-state index is 0. The molecule has 5 N–H and O–H groups in total. The molecule has 18 heavy (non-hydrogen) atoms. The maximum Gasteiger partial charge on any atom is 0.0699 e. The van der Waals surface area contributed by atoms with Gasteiger partial charge in [0, 0.05) is 16.6 Å². The first-order valence-corrected chi connectivity index (χ1v) is 5.48. The topological polar surface area (TPSA) is 67.8 Å². The van der Waals surface area contributed by atoms with E-state index in [0.717, 1.165) is 22.2 Å². The zero-order chi connectivity index (χ0) is 11.8. The minimum Gasteiger partial charge on any atom is -0.398 e. The van der Waals surface area contributed by atoms with E-state index in [4.69, 9.17) is 11.5 Å². The largest absolute Gasteiger partial charge is 0.398 e. The summed E-state index contributed by atoms with van der Waals surface area (Å²) in [4.78, 5) is 3.32. The zero-order valence-corrected chi connectivity index (χ0v) is 10.5. The molecule has 0 bridgehead atoms. The second-order valence-electron chi connectivity index (χ2n) is 4.05. The third-order valence-electron chi connectivity index (χ3n) is 2.96. The van der Waals surface area contributed by atoms with Crippen LogP contribution in [0.4, 0.5) is 11.4 Å². The van der Waals surface area contributed by atoms with Crippen LogP contribution < -0.4 is 11.5 Å². The van der Waals surface area contributed by atoms with Crippen LogP contribution in [0.15, 0.2) is 48.5 Å². The maximum absolute atomic E-state index is 6.16. The van der Waals surface area contributed by atoms with Gasteiger partial charge in [0.2, 0.25) is 0 Å². The van der Waals surface area contributed by atoms with Crippen LogP contribution in [0.2, 0.25) is 0 Å². The fraction of sp³-hybridized carbons (Fsp3) is 0. The molecule has 4 heteroatoms. The molecule has 0 amide bonds. The molecule has 0 unspecified atom stereocenters. The Kier molecular flexibility index (Phi) is 3.17. The Labute approximate surface area is 111 Å². The molecule has 3 nitrogen and oxygen atoms in total. The van der Waals surface area contributed by atoms with E-state index in [1.165, 1.54) is 0 Å². The summed E-state index contributed by atoms with van der Waals surface area (Å²) < 4.78 is 0. The molecule has 0 aliphatic rings. The lowest BCUT2D eigenvalue weighted by Crippen LogP contribution is -1.90. The summed E-state index contributed by atoms with van der Waals surface area (Å²) in [5.41, 5.74) is 16.5. The monoisotopic (exact) mass is 259 g/mol. The first-order chi connectivity index (χ1) is 8.27. The number of H-pyrrole nitrogens is 1. The van der Waals surface area contributed by atoms with E-state index in [0.29, 0.717) is 11.4 Å². The van der Waals surface area contributed by atoms with E-state index in [1.807, 2.05) is 48.5 Å². The molecule has 3 aromatic rings. The Morgan fingerprint density at radius 2 is 1.56 bits per heavy atom. The molecule has 0 radical (unpaired) electrons. The van der Waals surface area contributed by atoms with E-state index in [2.05, 4.69) is 4.98 Å². The van der Waals surface area contributed by atoms with Crippen LogP contribution in [0.5, 0.6) is 0 Å². The Balaban J connectivity index is 0.00000120. The van der Waals surface area contributed by atoms with Gasteiger partial charge in [-0.1, -0.05) is 36.4 Å². The van der Waals surface area contributed by atoms with Crippen molar-refractivity contribution in [2.45, 2.75) is 0 Å². The molecular formula is C14H14ClN3. The van der Waals surface area contributed by atoms with Gasteiger partial charge in [0.1, 0.15) is 0 Å². The molecule has 0 saturated heterocycles. The van der Waals surface area contributed by atoms with Crippen molar-refractivity contribution in [3.63, 3.8) is 0 Å². The Morgan fingerprint density at radius 1 is 0.833 bits per heavy atom. The predicted octanol–water partition coefficient (Wildman–Crippen LogP) is 3.42. The molecule has 0 saturated carbocycles. The molecule has 0 fully saturated rings. The van der Waals surface area contributed by atoms with Crippen LogP contribution in [-0.4, -0.2) is 4.98 Å². The summed E-state index contributed by atoms with van der Waals surface area (Å²) in [5.74, 6) is 0. The number of benzene rings is 2. The third kappa shape index (κ3) is 1.79. The summed E-state index contributed by atoms with van der Waals surface area (Å²) >= 11 is 0. The normalized spacial score (nSPS) is 10.2. The number of fused-ring (bicyclic) bond motifs is 1. The molecule has 0 spiro atoms.